The van der Waals surface area contributed by atoms with E-state index in [0.29, 0.717) is 6.04 Å². The molecule has 10 heavy (non-hydrogen) atoms. The van der Waals surface area contributed by atoms with E-state index in [2.05, 4.69) is 17.5 Å². The third-order valence-electron chi connectivity index (χ3n) is 1.43. The molecule has 0 spiro atoms. The highest BCUT2D eigenvalue weighted by Crippen LogP contribution is 1.96. The third-order valence-corrected chi connectivity index (χ3v) is 1.43. The fourth-order valence-electron chi connectivity index (χ4n) is 0.975. The van der Waals surface area contributed by atoms with Crippen LogP contribution in [0.25, 0.3) is 0 Å². The summed E-state index contributed by atoms with van der Waals surface area (Å²) in [4.78, 5) is 0. The van der Waals surface area contributed by atoms with Gasteiger partial charge in [0.05, 0.1) is 6.61 Å². The number of methoxy groups -OCH3 is 1. The molecule has 0 amide bonds. The van der Waals surface area contributed by atoms with Crippen molar-refractivity contribution in [3.05, 3.63) is 12.2 Å². The predicted molar refractivity (Wildman–Crippen MR) is 44.7 cm³/mol. The van der Waals surface area contributed by atoms with Crippen LogP contribution in [0.2, 0.25) is 0 Å². The highest BCUT2D eigenvalue weighted by molar-refractivity contribution is 5.85. The Hall–Kier alpha value is -0.0500. The van der Waals surface area contributed by atoms with E-state index in [4.69, 9.17) is 4.74 Å². The van der Waals surface area contributed by atoms with Gasteiger partial charge < -0.3 is 10.1 Å². The quantitative estimate of drug-likeness (QED) is 0.613. The van der Waals surface area contributed by atoms with Gasteiger partial charge in [-0.25, -0.2) is 0 Å². The van der Waals surface area contributed by atoms with Crippen molar-refractivity contribution in [2.24, 2.45) is 0 Å². The van der Waals surface area contributed by atoms with E-state index >= 15 is 0 Å². The van der Waals surface area contributed by atoms with Crippen LogP contribution >= 0.6 is 12.4 Å². The van der Waals surface area contributed by atoms with Gasteiger partial charge in [-0.2, -0.15) is 0 Å². The van der Waals surface area contributed by atoms with Crippen molar-refractivity contribution >= 4 is 12.4 Å². The number of nitrogens with one attached hydrogen (secondary N) is 1. The molecule has 3 heteroatoms. The molecule has 0 aromatic heterocycles. The molecule has 0 bridgehead atoms. The molecule has 0 radical (unpaired) electrons. The van der Waals surface area contributed by atoms with Crippen LogP contribution < -0.4 is 5.32 Å². The van der Waals surface area contributed by atoms with Crippen LogP contribution in [0, 0.1) is 0 Å². The zero-order valence-electron chi connectivity index (χ0n) is 6.17. The van der Waals surface area contributed by atoms with E-state index in [1.54, 1.807) is 7.11 Å². The highest BCUT2D eigenvalue weighted by Gasteiger charge is 2.04. The van der Waals surface area contributed by atoms with Gasteiger partial charge in [-0.1, -0.05) is 12.2 Å². The number of halogens is 1. The summed E-state index contributed by atoms with van der Waals surface area (Å²) >= 11 is 0. The summed E-state index contributed by atoms with van der Waals surface area (Å²) in [6.07, 6.45) is 5.51. The maximum absolute atomic E-state index is 4.97. The fraction of sp³-hybridized carbons (Fsp3) is 0.714. The van der Waals surface area contributed by atoms with Crippen LogP contribution in [-0.4, -0.2) is 26.3 Å². The first kappa shape index (κ1) is 9.95. The Labute approximate surface area is 68.0 Å². The Bertz CT molecular complexity index is 106. The van der Waals surface area contributed by atoms with Crippen molar-refractivity contribution in [2.45, 2.75) is 12.5 Å². The molecule has 0 saturated carbocycles. The lowest BCUT2D eigenvalue weighted by Crippen LogP contribution is -2.34. The van der Waals surface area contributed by atoms with E-state index in [-0.39, 0.29) is 12.4 Å². The first-order chi connectivity index (χ1) is 4.43. The summed E-state index contributed by atoms with van der Waals surface area (Å²) in [5.74, 6) is 0. The molecule has 1 aliphatic rings. The molecule has 0 fully saturated rings. The molecule has 0 aromatic rings. The molecule has 0 aliphatic carbocycles. The minimum atomic E-state index is 0. The molecule has 1 aliphatic heterocycles. The second kappa shape index (κ2) is 5.71. The minimum Gasteiger partial charge on any atom is -0.383 e. The van der Waals surface area contributed by atoms with Crippen LogP contribution in [0.4, 0.5) is 0 Å². The van der Waals surface area contributed by atoms with Crippen LogP contribution in [0.1, 0.15) is 6.42 Å². The minimum absolute atomic E-state index is 0. The average Bonchev–Trinajstić information content (AvgIpc) is 1.91. The molecule has 1 unspecified atom stereocenters. The Balaban J connectivity index is 0.000000810. The monoisotopic (exact) mass is 163 g/mol. The van der Waals surface area contributed by atoms with E-state index < -0.39 is 0 Å². The van der Waals surface area contributed by atoms with Gasteiger partial charge in [-0.05, 0) is 13.0 Å². The van der Waals surface area contributed by atoms with Crippen molar-refractivity contribution in [3.63, 3.8) is 0 Å². The first-order valence-corrected chi connectivity index (χ1v) is 3.32. The molecule has 1 atom stereocenters. The number of rotatable bonds is 2. The lowest BCUT2D eigenvalue weighted by Gasteiger charge is -2.16. The van der Waals surface area contributed by atoms with Crippen LogP contribution in [-0.2, 0) is 4.74 Å². The summed E-state index contributed by atoms with van der Waals surface area (Å²) in [6.45, 7) is 1.88. The van der Waals surface area contributed by atoms with Crippen molar-refractivity contribution < 1.29 is 4.74 Å². The van der Waals surface area contributed by atoms with Gasteiger partial charge in [0.25, 0.3) is 0 Å². The summed E-state index contributed by atoms with van der Waals surface area (Å²) < 4.78 is 4.97. The smallest absolute Gasteiger partial charge is 0.0651 e. The summed E-state index contributed by atoms with van der Waals surface area (Å²) in [7, 11) is 1.73. The summed E-state index contributed by atoms with van der Waals surface area (Å²) in [6, 6.07) is 0.448. The Morgan fingerprint density at radius 3 is 3.00 bits per heavy atom. The average molecular weight is 164 g/mol. The maximum Gasteiger partial charge on any atom is 0.0651 e. The predicted octanol–water partition coefficient (Wildman–Crippen LogP) is 0.973. The zero-order valence-corrected chi connectivity index (χ0v) is 6.99. The molecular formula is C7H14ClNO. The van der Waals surface area contributed by atoms with E-state index in [0.717, 1.165) is 19.6 Å². The van der Waals surface area contributed by atoms with Crippen molar-refractivity contribution in [1.82, 2.24) is 5.32 Å². The van der Waals surface area contributed by atoms with Gasteiger partial charge >= 0.3 is 0 Å². The normalized spacial score (nSPS) is 23.9. The van der Waals surface area contributed by atoms with E-state index in [1.165, 1.54) is 0 Å². The van der Waals surface area contributed by atoms with Gasteiger partial charge in [0.2, 0.25) is 0 Å². The fourth-order valence-corrected chi connectivity index (χ4v) is 0.975. The van der Waals surface area contributed by atoms with Crippen molar-refractivity contribution in [2.75, 3.05) is 20.3 Å². The van der Waals surface area contributed by atoms with Gasteiger partial charge in [-0.15, -0.1) is 12.4 Å². The lowest BCUT2D eigenvalue weighted by atomic mass is 10.2. The Morgan fingerprint density at radius 2 is 2.50 bits per heavy atom. The molecule has 2 nitrogen and oxygen atoms in total. The number of hydrogen-bond donors (Lipinski definition) is 1. The second-order valence-electron chi connectivity index (χ2n) is 2.23. The van der Waals surface area contributed by atoms with Gasteiger partial charge in [0.1, 0.15) is 0 Å². The second-order valence-corrected chi connectivity index (χ2v) is 2.23. The molecule has 1 heterocycles. The summed E-state index contributed by atoms with van der Waals surface area (Å²) in [5, 5.41) is 3.31. The molecule has 1 N–H and O–H groups in total. The van der Waals surface area contributed by atoms with Gasteiger partial charge in [0.15, 0.2) is 0 Å². The highest BCUT2D eigenvalue weighted by atomic mass is 35.5. The first-order valence-electron chi connectivity index (χ1n) is 3.32. The van der Waals surface area contributed by atoms with Gasteiger partial charge in [0, 0.05) is 13.2 Å². The Morgan fingerprint density at radius 1 is 1.70 bits per heavy atom. The lowest BCUT2D eigenvalue weighted by molar-refractivity contribution is 0.179. The summed E-state index contributed by atoms with van der Waals surface area (Å²) in [5.41, 5.74) is 0. The standard InChI is InChI=1S/C7H13NO.ClH/c1-9-6-7-4-2-3-5-8-7;/h2,4,7-8H,3,5-6H2,1H3;1H. The van der Waals surface area contributed by atoms with E-state index in [9.17, 15) is 0 Å². The van der Waals surface area contributed by atoms with Gasteiger partial charge in [-0.3, -0.25) is 0 Å². The molecular weight excluding hydrogens is 150 g/mol. The van der Waals surface area contributed by atoms with E-state index in [1.807, 2.05) is 0 Å². The van der Waals surface area contributed by atoms with Crippen LogP contribution in [0.3, 0.4) is 0 Å². The topological polar surface area (TPSA) is 21.3 Å². The van der Waals surface area contributed by atoms with Crippen LogP contribution in [0.5, 0.6) is 0 Å². The number of ether oxygens (including phenoxy) is 1. The third kappa shape index (κ3) is 3.20. The molecule has 0 aromatic carbocycles. The Kier molecular flexibility index (Phi) is 5.69. The number of hydrogen-bond acceptors (Lipinski definition) is 2. The molecule has 1 rings (SSSR count). The SMILES string of the molecule is COCC1C=CCCN1.Cl. The van der Waals surface area contributed by atoms with Crippen molar-refractivity contribution in [1.29, 1.82) is 0 Å². The molecule has 60 valence electrons. The van der Waals surface area contributed by atoms with Crippen LogP contribution in [0.15, 0.2) is 12.2 Å². The molecule has 0 saturated heterocycles. The van der Waals surface area contributed by atoms with Crippen molar-refractivity contribution in [3.8, 4) is 0 Å². The largest absolute Gasteiger partial charge is 0.383 e. The maximum atomic E-state index is 4.97. The zero-order chi connectivity index (χ0) is 6.53.